The van der Waals surface area contributed by atoms with Crippen LogP contribution in [0.1, 0.15) is 108 Å². The number of ether oxygens (including phenoxy) is 1. The van der Waals surface area contributed by atoms with Crippen LogP contribution < -0.4 is 5.32 Å². The molecule has 0 fully saturated rings. The van der Waals surface area contributed by atoms with E-state index in [-0.39, 0.29) is 43.1 Å². The Morgan fingerprint density at radius 3 is 2.28 bits per heavy atom. The summed E-state index contributed by atoms with van der Waals surface area (Å²) < 4.78 is 6.81. The second kappa shape index (κ2) is 19.2. The zero-order valence-corrected chi connectivity index (χ0v) is 31.9. The average Bonchev–Trinajstić information content (AvgIpc) is 3.57. The van der Waals surface area contributed by atoms with E-state index in [9.17, 15) is 24.3 Å². The molecule has 2 N–H and O–H groups in total. The third kappa shape index (κ3) is 9.62. The molecule has 5 rings (SSSR count). The number of carbonyl (C=O) groups is 4. The van der Waals surface area contributed by atoms with Crippen LogP contribution in [0.5, 0.6) is 0 Å². The van der Waals surface area contributed by atoms with Crippen molar-refractivity contribution in [1.29, 1.82) is 0 Å². The summed E-state index contributed by atoms with van der Waals surface area (Å²) in [4.78, 5) is 58.8. The Bertz CT molecular complexity index is 1900. The standard InChI is InChI=1S/C43H53N5O6/c1-5-8-22-46(23-9-6-2)43(53)38-25-30(4)48(45-38)39-20-19-34(44-41(51)36(28-40(50)54-7-3)31-15-11-10-12-16-31)27-37(39)42(52)47-29-33-18-14-13-17-32(33)26-35(47)21-24-49/h10-20,25,27,35-36,49H,5-9,21-24,26,28-29H2,1-4H3,(H,44,51)/t35-,36?/m1/s1. The molecule has 4 aromatic rings. The van der Waals surface area contributed by atoms with Crippen molar-refractivity contribution in [2.24, 2.45) is 0 Å². The molecular weight excluding hydrogens is 683 g/mol. The van der Waals surface area contributed by atoms with Crippen molar-refractivity contribution < 1.29 is 29.0 Å². The van der Waals surface area contributed by atoms with Gasteiger partial charge in [-0.1, -0.05) is 81.3 Å². The normalized spacial score (nSPS) is 14.2. The lowest BCUT2D eigenvalue weighted by Gasteiger charge is -2.37. The minimum atomic E-state index is -0.832. The lowest BCUT2D eigenvalue weighted by molar-refractivity contribution is -0.144. The van der Waals surface area contributed by atoms with Crippen molar-refractivity contribution in [2.45, 2.75) is 91.1 Å². The van der Waals surface area contributed by atoms with Gasteiger partial charge in [0.2, 0.25) is 5.91 Å². The first-order valence-electron chi connectivity index (χ1n) is 19.2. The number of benzene rings is 3. The monoisotopic (exact) mass is 735 g/mol. The second-order valence-corrected chi connectivity index (χ2v) is 13.8. The Morgan fingerprint density at radius 1 is 0.926 bits per heavy atom. The molecule has 0 bridgehead atoms. The van der Waals surface area contributed by atoms with Gasteiger partial charge in [0.15, 0.2) is 5.69 Å². The summed E-state index contributed by atoms with van der Waals surface area (Å²) >= 11 is 0. The molecule has 2 heterocycles. The van der Waals surface area contributed by atoms with Gasteiger partial charge in [-0.05, 0) is 80.5 Å². The van der Waals surface area contributed by atoms with E-state index in [1.807, 2.05) is 48.2 Å². The molecule has 11 heteroatoms. The first kappa shape index (κ1) is 39.9. The Labute approximate surface area is 318 Å². The van der Waals surface area contributed by atoms with E-state index < -0.39 is 17.8 Å². The summed E-state index contributed by atoms with van der Waals surface area (Å²) in [7, 11) is 0. The molecule has 2 atom stereocenters. The number of amides is 3. The largest absolute Gasteiger partial charge is 0.466 e. The number of aryl methyl sites for hydroxylation is 1. The van der Waals surface area contributed by atoms with Gasteiger partial charge in [0, 0.05) is 43.7 Å². The summed E-state index contributed by atoms with van der Waals surface area (Å²) in [5.41, 5.74) is 4.88. The van der Waals surface area contributed by atoms with Crippen LogP contribution in [0.4, 0.5) is 5.69 Å². The maximum Gasteiger partial charge on any atom is 0.306 e. The first-order valence-corrected chi connectivity index (χ1v) is 19.2. The van der Waals surface area contributed by atoms with Crippen LogP contribution in [-0.4, -0.2) is 80.7 Å². The Balaban J connectivity index is 1.56. The lowest BCUT2D eigenvalue weighted by atomic mass is 9.91. The van der Waals surface area contributed by atoms with Crippen LogP contribution in [0.25, 0.3) is 5.69 Å². The van der Waals surface area contributed by atoms with E-state index in [0.29, 0.717) is 60.8 Å². The van der Waals surface area contributed by atoms with E-state index in [4.69, 9.17) is 9.84 Å². The molecule has 54 heavy (non-hydrogen) atoms. The first-order chi connectivity index (χ1) is 26.2. The van der Waals surface area contributed by atoms with Gasteiger partial charge in [-0.3, -0.25) is 19.2 Å². The molecule has 11 nitrogen and oxygen atoms in total. The number of hydrogen-bond acceptors (Lipinski definition) is 7. The van der Waals surface area contributed by atoms with Gasteiger partial charge in [0.05, 0.1) is 30.2 Å². The summed E-state index contributed by atoms with van der Waals surface area (Å²) in [5, 5.41) is 17.8. The highest BCUT2D eigenvalue weighted by atomic mass is 16.5. The summed E-state index contributed by atoms with van der Waals surface area (Å²) in [6.07, 6.45) is 4.53. The van der Waals surface area contributed by atoms with Gasteiger partial charge >= 0.3 is 5.97 Å². The molecule has 1 aliphatic heterocycles. The van der Waals surface area contributed by atoms with Crippen LogP contribution in [-0.2, 0) is 27.3 Å². The predicted molar refractivity (Wildman–Crippen MR) is 209 cm³/mol. The van der Waals surface area contributed by atoms with Gasteiger partial charge in [-0.15, -0.1) is 0 Å². The number of nitrogens with zero attached hydrogens (tertiary/aromatic N) is 4. The maximum atomic E-state index is 14.9. The molecule has 0 saturated carbocycles. The molecule has 286 valence electrons. The SMILES string of the molecule is CCCCN(CCCC)C(=O)c1cc(C)n(-c2ccc(NC(=O)C(CC(=O)OCC)c3ccccc3)cc2C(=O)N2Cc3ccccc3C[C@H]2CCO)n1. The molecule has 0 spiro atoms. The zero-order valence-electron chi connectivity index (χ0n) is 31.9. The number of fused-ring (bicyclic) bond motifs is 1. The number of aliphatic hydroxyl groups is 1. The maximum absolute atomic E-state index is 14.9. The van der Waals surface area contributed by atoms with Crippen LogP contribution >= 0.6 is 0 Å². The molecule has 0 aliphatic carbocycles. The number of aliphatic hydroxyl groups excluding tert-OH is 1. The summed E-state index contributed by atoms with van der Waals surface area (Å²) in [5.74, 6) is -2.19. The average molecular weight is 736 g/mol. The fourth-order valence-electron chi connectivity index (χ4n) is 7.02. The van der Waals surface area contributed by atoms with Gasteiger partial charge in [-0.25, -0.2) is 4.68 Å². The number of rotatable bonds is 17. The van der Waals surface area contributed by atoms with E-state index in [0.717, 1.165) is 36.8 Å². The van der Waals surface area contributed by atoms with E-state index in [1.54, 1.807) is 52.9 Å². The van der Waals surface area contributed by atoms with Gasteiger partial charge in [0.25, 0.3) is 11.8 Å². The topological polar surface area (TPSA) is 134 Å². The smallest absolute Gasteiger partial charge is 0.306 e. The number of carbonyl (C=O) groups excluding carboxylic acids is 4. The summed E-state index contributed by atoms with van der Waals surface area (Å²) in [6.45, 7) is 9.50. The Hall–Kier alpha value is -5.29. The molecule has 1 aliphatic rings. The zero-order chi connectivity index (χ0) is 38.6. The molecule has 0 saturated heterocycles. The number of hydrogen-bond donors (Lipinski definition) is 2. The number of nitrogens with one attached hydrogen (secondary N) is 1. The van der Waals surface area contributed by atoms with Crippen LogP contribution in [0, 0.1) is 6.92 Å². The van der Waals surface area contributed by atoms with Crippen molar-refractivity contribution in [3.8, 4) is 5.69 Å². The minimum absolute atomic E-state index is 0.0861. The molecule has 1 unspecified atom stereocenters. The molecule has 0 radical (unpaired) electrons. The summed E-state index contributed by atoms with van der Waals surface area (Å²) in [6, 6.07) is 23.6. The van der Waals surface area contributed by atoms with E-state index >= 15 is 0 Å². The van der Waals surface area contributed by atoms with Gasteiger partial charge in [-0.2, -0.15) is 5.10 Å². The second-order valence-electron chi connectivity index (χ2n) is 13.8. The van der Waals surface area contributed by atoms with Crippen LogP contribution in [0.15, 0.2) is 78.9 Å². The number of anilines is 1. The quantitative estimate of drug-likeness (QED) is 0.113. The number of aromatic nitrogens is 2. The molecular formula is C43H53N5O6. The molecule has 1 aromatic heterocycles. The minimum Gasteiger partial charge on any atom is -0.466 e. The van der Waals surface area contributed by atoms with Crippen molar-refractivity contribution >= 4 is 29.4 Å². The lowest BCUT2D eigenvalue weighted by Crippen LogP contribution is -2.45. The van der Waals surface area contributed by atoms with Crippen molar-refractivity contribution in [3.63, 3.8) is 0 Å². The number of unbranched alkanes of at least 4 members (excludes halogenated alkanes) is 2. The van der Waals surface area contributed by atoms with Crippen LogP contribution in [0.3, 0.4) is 0 Å². The Morgan fingerprint density at radius 2 is 1.61 bits per heavy atom. The molecule has 3 amide bonds. The third-order valence-corrected chi connectivity index (χ3v) is 9.95. The van der Waals surface area contributed by atoms with Crippen molar-refractivity contribution in [1.82, 2.24) is 19.6 Å². The Kier molecular flexibility index (Phi) is 14.2. The van der Waals surface area contributed by atoms with Gasteiger partial charge < -0.3 is 25.0 Å². The van der Waals surface area contributed by atoms with E-state index in [1.165, 1.54) is 0 Å². The van der Waals surface area contributed by atoms with Crippen LogP contribution in [0.2, 0.25) is 0 Å². The van der Waals surface area contributed by atoms with E-state index in [2.05, 4.69) is 25.2 Å². The number of esters is 1. The van der Waals surface area contributed by atoms with Crippen molar-refractivity contribution in [3.05, 3.63) is 113 Å². The van der Waals surface area contributed by atoms with Crippen molar-refractivity contribution in [2.75, 3.05) is 31.6 Å². The highest BCUT2D eigenvalue weighted by Crippen LogP contribution is 2.31. The highest BCUT2D eigenvalue weighted by molar-refractivity contribution is 6.02. The fourth-order valence-corrected chi connectivity index (χ4v) is 7.02. The van der Waals surface area contributed by atoms with Gasteiger partial charge in [0.1, 0.15) is 0 Å². The molecule has 3 aromatic carbocycles. The predicted octanol–water partition coefficient (Wildman–Crippen LogP) is 6.85. The fraction of sp³-hybridized carbons (Fsp3) is 0.419. The third-order valence-electron chi connectivity index (χ3n) is 9.95. The highest BCUT2D eigenvalue weighted by Gasteiger charge is 2.33.